The minimum absolute atomic E-state index is 0.668. The molecule has 1 heterocycles. The molecule has 0 spiro atoms. The number of halogens is 1. The second-order valence-electron chi connectivity index (χ2n) is 2.90. The molecular formula is C9H14BrN3O. The first-order chi connectivity index (χ1) is 6.74. The van der Waals surface area contributed by atoms with Gasteiger partial charge in [-0.15, -0.1) is 0 Å². The molecule has 1 rings (SSSR count). The van der Waals surface area contributed by atoms with Crippen LogP contribution in [0.25, 0.3) is 0 Å². The normalized spacial score (nSPS) is 10.2. The quantitative estimate of drug-likeness (QED) is 0.822. The molecule has 4 nitrogen and oxygen atoms in total. The van der Waals surface area contributed by atoms with Crippen LogP contribution in [0.2, 0.25) is 0 Å². The van der Waals surface area contributed by atoms with Crippen molar-refractivity contribution in [2.45, 2.75) is 13.3 Å². The molecule has 5 heteroatoms. The maximum atomic E-state index is 4.93. The van der Waals surface area contributed by atoms with E-state index in [9.17, 15) is 0 Å². The van der Waals surface area contributed by atoms with Gasteiger partial charge in [-0.25, -0.2) is 9.97 Å². The summed E-state index contributed by atoms with van der Waals surface area (Å²) in [6.07, 6.45) is 2.70. The van der Waals surface area contributed by atoms with Crippen LogP contribution in [0.4, 0.5) is 5.95 Å². The second-order valence-corrected chi connectivity index (χ2v) is 3.75. The van der Waals surface area contributed by atoms with Crippen molar-refractivity contribution >= 4 is 21.9 Å². The molecular weight excluding hydrogens is 246 g/mol. The zero-order valence-electron chi connectivity index (χ0n) is 8.38. The van der Waals surface area contributed by atoms with E-state index in [4.69, 9.17) is 4.74 Å². The summed E-state index contributed by atoms with van der Waals surface area (Å²) < 4.78 is 5.86. The van der Waals surface area contributed by atoms with Crippen LogP contribution in [0, 0.1) is 6.92 Å². The van der Waals surface area contributed by atoms with E-state index >= 15 is 0 Å². The van der Waals surface area contributed by atoms with Gasteiger partial charge in [0.15, 0.2) is 0 Å². The minimum atomic E-state index is 0.668. The van der Waals surface area contributed by atoms with Crippen LogP contribution in [0.3, 0.4) is 0 Å². The molecule has 0 fully saturated rings. The Bertz CT molecular complexity index is 293. The summed E-state index contributed by atoms with van der Waals surface area (Å²) in [7, 11) is 1.69. The van der Waals surface area contributed by atoms with Gasteiger partial charge in [0.05, 0.1) is 10.2 Å². The van der Waals surface area contributed by atoms with Gasteiger partial charge in [-0.05, 0) is 29.3 Å². The largest absolute Gasteiger partial charge is 0.385 e. The molecule has 0 aliphatic carbocycles. The van der Waals surface area contributed by atoms with Crippen molar-refractivity contribution in [1.82, 2.24) is 9.97 Å². The smallest absolute Gasteiger partial charge is 0.222 e. The van der Waals surface area contributed by atoms with E-state index in [0.29, 0.717) is 5.95 Å². The third-order valence-electron chi connectivity index (χ3n) is 1.73. The minimum Gasteiger partial charge on any atom is -0.385 e. The molecule has 0 saturated heterocycles. The molecule has 0 bridgehead atoms. The number of nitrogens with one attached hydrogen (secondary N) is 1. The van der Waals surface area contributed by atoms with Gasteiger partial charge in [-0.2, -0.15) is 0 Å². The highest BCUT2D eigenvalue weighted by atomic mass is 79.9. The van der Waals surface area contributed by atoms with Crippen LogP contribution in [-0.4, -0.2) is 30.2 Å². The number of aromatic nitrogens is 2. The SMILES string of the molecule is COCCCNc1ncc(Br)c(C)n1. The first-order valence-electron chi connectivity index (χ1n) is 4.46. The Hall–Kier alpha value is -0.680. The summed E-state index contributed by atoms with van der Waals surface area (Å²) in [5, 5.41) is 3.12. The first kappa shape index (κ1) is 11.4. The number of nitrogens with zero attached hydrogens (tertiary/aromatic N) is 2. The van der Waals surface area contributed by atoms with Gasteiger partial charge >= 0.3 is 0 Å². The predicted octanol–water partition coefficient (Wildman–Crippen LogP) is 2.00. The van der Waals surface area contributed by atoms with Crippen molar-refractivity contribution in [3.63, 3.8) is 0 Å². The lowest BCUT2D eigenvalue weighted by atomic mass is 10.4. The average molecular weight is 260 g/mol. The number of ether oxygens (including phenoxy) is 1. The Morgan fingerprint density at radius 2 is 2.36 bits per heavy atom. The first-order valence-corrected chi connectivity index (χ1v) is 5.25. The van der Waals surface area contributed by atoms with E-state index in [1.165, 1.54) is 0 Å². The Kier molecular flexibility index (Phi) is 4.82. The fraction of sp³-hybridized carbons (Fsp3) is 0.556. The molecule has 14 heavy (non-hydrogen) atoms. The summed E-state index contributed by atoms with van der Waals surface area (Å²) >= 11 is 3.35. The Balaban J connectivity index is 2.39. The van der Waals surface area contributed by atoms with Gasteiger partial charge in [0.1, 0.15) is 0 Å². The van der Waals surface area contributed by atoms with E-state index in [-0.39, 0.29) is 0 Å². The summed E-state index contributed by atoms with van der Waals surface area (Å²) in [5.41, 5.74) is 0.939. The van der Waals surface area contributed by atoms with E-state index in [0.717, 1.165) is 29.7 Å². The lowest BCUT2D eigenvalue weighted by molar-refractivity contribution is 0.197. The molecule has 1 aromatic rings. The molecule has 78 valence electrons. The van der Waals surface area contributed by atoms with Crippen molar-refractivity contribution < 1.29 is 4.74 Å². The lowest BCUT2D eigenvalue weighted by Crippen LogP contribution is -2.08. The van der Waals surface area contributed by atoms with Crippen molar-refractivity contribution in [2.24, 2.45) is 0 Å². The van der Waals surface area contributed by atoms with Crippen molar-refractivity contribution in [2.75, 3.05) is 25.6 Å². The monoisotopic (exact) mass is 259 g/mol. The predicted molar refractivity (Wildman–Crippen MR) is 59.5 cm³/mol. The van der Waals surface area contributed by atoms with Crippen LogP contribution in [0.5, 0.6) is 0 Å². The Morgan fingerprint density at radius 3 is 3.00 bits per heavy atom. The second kappa shape index (κ2) is 5.93. The molecule has 0 atom stereocenters. The number of anilines is 1. The third-order valence-corrected chi connectivity index (χ3v) is 2.51. The molecule has 1 aromatic heterocycles. The highest BCUT2D eigenvalue weighted by Gasteiger charge is 1.99. The van der Waals surface area contributed by atoms with Crippen molar-refractivity contribution in [1.29, 1.82) is 0 Å². The van der Waals surface area contributed by atoms with Gasteiger partial charge in [0.25, 0.3) is 0 Å². The van der Waals surface area contributed by atoms with Crippen LogP contribution in [0.1, 0.15) is 12.1 Å². The average Bonchev–Trinajstić information content (AvgIpc) is 2.18. The Morgan fingerprint density at radius 1 is 1.57 bits per heavy atom. The van der Waals surface area contributed by atoms with E-state index < -0.39 is 0 Å². The van der Waals surface area contributed by atoms with Crippen LogP contribution in [0.15, 0.2) is 10.7 Å². The standard InChI is InChI=1S/C9H14BrN3O/c1-7-8(10)6-12-9(13-7)11-4-3-5-14-2/h6H,3-5H2,1-2H3,(H,11,12,13). The third kappa shape index (κ3) is 3.59. The number of methoxy groups -OCH3 is 1. The maximum absolute atomic E-state index is 4.93. The fourth-order valence-corrected chi connectivity index (χ4v) is 1.15. The van der Waals surface area contributed by atoms with Gasteiger partial charge in [-0.1, -0.05) is 0 Å². The van der Waals surface area contributed by atoms with Crippen LogP contribution >= 0.6 is 15.9 Å². The molecule has 1 N–H and O–H groups in total. The highest BCUT2D eigenvalue weighted by molar-refractivity contribution is 9.10. The highest BCUT2D eigenvalue weighted by Crippen LogP contribution is 2.13. The molecule has 0 saturated carbocycles. The zero-order valence-corrected chi connectivity index (χ0v) is 9.97. The number of hydrogen-bond acceptors (Lipinski definition) is 4. The van der Waals surface area contributed by atoms with Gasteiger partial charge < -0.3 is 10.1 Å². The van der Waals surface area contributed by atoms with E-state index in [1.807, 2.05) is 6.92 Å². The van der Waals surface area contributed by atoms with Crippen molar-refractivity contribution in [3.05, 3.63) is 16.4 Å². The number of rotatable bonds is 5. The van der Waals surface area contributed by atoms with Crippen molar-refractivity contribution in [3.8, 4) is 0 Å². The number of aryl methyl sites for hydroxylation is 1. The number of hydrogen-bond donors (Lipinski definition) is 1. The van der Waals surface area contributed by atoms with Gasteiger partial charge in [0, 0.05) is 26.5 Å². The topological polar surface area (TPSA) is 47.0 Å². The molecule has 0 unspecified atom stereocenters. The van der Waals surface area contributed by atoms with Crippen LogP contribution in [-0.2, 0) is 4.74 Å². The van der Waals surface area contributed by atoms with Crippen LogP contribution < -0.4 is 5.32 Å². The summed E-state index contributed by atoms with van der Waals surface area (Å²) in [6.45, 7) is 3.52. The lowest BCUT2D eigenvalue weighted by Gasteiger charge is -2.05. The summed E-state index contributed by atoms with van der Waals surface area (Å²) in [4.78, 5) is 8.39. The molecule has 0 amide bonds. The zero-order chi connectivity index (χ0) is 10.4. The fourth-order valence-electron chi connectivity index (χ4n) is 0.954. The van der Waals surface area contributed by atoms with Gasteiger partial charge in [0.2, 0.25) is 5.95 Å². The molecule has 0 aliphatic rings. The maximum Gasteiger partial charge on any atom is 0.222 e. The Labute approximate surface area is 92.2 Å². The van der Waals surface area contributed by atoms with E-state index in [2.05, 4.69) is 31.2 Å². The van der Waals surface area contributed by atoms with Gasteiger partial charge in [-0.3, -0.25) is 0 Å². The molecule has 0 radical (unpaired) electrons. The molecule has 0 aromatic carbocycles. The molecule has 0 aliphatic heterocycles. The summed E-state index contributed by atoms with van der Waals surface area (Å²) in [6, 6.07) is 0. The van der Waals surface area contributed by atoms with E-state index in [1.54, 1.807) is 13.3 Å². The summed E-state index contributed by atoms with van der Waals surface area (Å²) in [5.74, 6) is 0.668.